The SMILES string of the molecule is CC(=O)C1(C(C)=O)C=CC(c2ccccc2)C=C1. The largest absolute Gasteiger partial charge is 0.298 e. The summed E-state index contributed by atoms with van der Waals surface area (Å²) in [4.78, 5) is 23.4. The van der Waals surface area contributed by atoms with Gasteiger partial charge in [-0.05, 0) is 19.4 Å². The smallest absolute Gasteiger partial charge is 0.150 e. The molecule has 1 aromatic carbocycles. The lowest BCUT2D eigenvalue weighted by molar-refractivity contribution is -0.132. The molecule has 0 aliphatic heterocycles. The minimum atomic E-state index is -1.05. The molecule has 0 spiro atoms. The first kappa shape index (κ1) is 12.5. The third kappa shape index (κ3) is 2.06. The summed E-state index contributed by atoms with van der Waals surface area (Å²) < 4.78 is 0. The monoisotopic (exact) mass is 240 g/mol. The van der Waals surface area contributed by atoms with Crippen molar-refractivity contribution in [3.8, 4) is 0 Å². The first-order valence-corrected chi connectivity index (χ1v) is 6.02. The molecular formula is C16H16O2. The van der Waals surface area contributed by atoms with Crippen LogP contribution in [0, 0.1) is 5.41 Å². The summed E-state index contributed by atoms with van der Waals surface area (Å²) in [6, 6.07) is 10.0. The average Bonchev–Trinajstić information content (AvgIpc) is 2.39. The van der Waals surface area contributed by atoms with Crippen LogP contribution in [0.2, 0.25) is 0 Å². The Kier molecular flexibility index (Phi) is 3.28. The molecule has 92 valence electrons. The molecule has 0 saturated carbocycles. The van der Waals surface area contributed by atoms with Crippen molar-refractivity contribution in [2.24, 2.45) is 5.41 Å². The normalized spacial score (nSPS) is 17.7. The van der Waals surface area contributed by atoms with Crippen molar-refractivity contribution in [2.45, 2.75) is 19.8 Å². The Morgan fingerprint density at radius 3 is 1.89 bits per heavy atom. The standard InChI is InChI=1S/C16H16O2/c1-12(17)16(13(2)18)10-8-15(9-11-16)14-6-4-3-5-7-14/h3-11,15H,1-2H3. The van der Waals surface area contributed by atoms with Crippen LogP contribution in [0.5, 0.6) is 0 Å². The number of rotatable bonds is 3. The molecule has 2 heteroatoms. The van der Waals surface area contributed by atoms with E-state index in [0.717, 1.165) is 5.56 Å². The lowest BCUT2D eigenvalue weighted by Crippen LogP contribution is -2.33. The van der Waals surface area contributed by atoms with Crippen molar-refractivity contribution in [1.29, 1.82) is 0 Å². The number of benzene rings is 1. The van der Waals surface area contributed by atoms with E-state index in [9.17, 15) is 9.59 Å². The van der Waals surface area contributed by atoms with Gasteiger partial charge in [0.1, 0.15) is 5.41 Å². The predicted molar refractivity (Wildman–Crippen MR) is 71.3 cm³/mol. The molecule has 0 amide bonds. The lowest BCUT2D eigenvalue weighted by Gasteiger charge is -2.26. The molecule has 0 saturated heterocycles. The molecule has 1 aromatic rings. The van der Waals surface area contributed by atoms with Gasteiger partial charge in [0.2, 0.25) is 0 Å². The molecular weight excluding hydrogens is 224 g/mol. The molecule has 0 unspecified atom stereocenters. The van der Waals surface area contributed by atoms with Crippen LogP contribution in [0.3, 0.4) is 0 Å². The molecule has 1 aliphatic carbocycles. The maximum atomic E-state index is 11.7. The van der Waals surface area contributed by atoms with Gasteiger partial charge in [-0.25, -0.2) is 0 Å². The highest BCUT2D eigenvalue weighted by Gasteiger charge is 2.37. The number of ketones is 2. The molecule has 0 atom stereocenters. The van der Waals surface area contributed by atoms with E-state index in [1.54, 1.807) is 12.2 Å². The summed E-state index contributed by atoms with van der Waals surface area (Å²) >= 11 is 0. The summed E-state index contributed by atoms with van der Waals surface area (Å²) in [5, 5.41) is 0. The fraction of sp³-hybridized carbons (Fsp3) is 0.250. The van der Waals surface area contributed by atoms with Crippen molar-refractivity contribution < 1.29 is 9.59 Å². The molecule has 0 fully saturated rings. The first-order chi connectivity index (χ1) is 8.56. The summed E-state index contributed by atoms with van der Waals surface area (Å²) in [5.41, 5.74) is 0.108. The van der Waals surface area contributed by atoms with Crippen LogP contribution in [0.15, 0.2) is 54.6 Å². The molecule has 18 heavy (non-hydrogen) atoms. The molecule has 2 rings (SSSR count). The van der Waals surface area contributed by atoms with Gasteiger partial charge >= 0.3 is 0 Å². The molecule has 0 bridgehead atoms. The Morgan fingerprint density at radius 2 is 1.44 bits per heavy atom. The highest BCUT2D eigenvalue weighted by atomic mass is 16.2. The second kappa shape index (κ2) is 4.73. The maximum absolute atomic E-state index is 11.7. The highest BCUT2D eigenvalue weighted by Crippen LogP contribution is 2.33. The maximum Gasteiger partial charge on any atom is 0.150 e. The van der Waals surface area contributed by atoms with Crippen LogP contribution in [0.4, 0.5) is 0 Å². The molecule has 0 radical (unpaired) electrons. The van der Waals surface area contributed by atoms with E-state index in [-0.39, 0.29) is 17.5 Å². The van der Waals surface area contributed by atoms with Gasteiger partial charge in [-0.1, -0.05) is 54.6 Å². The van der Waals surface area contributed by atoms with E-state index in [1.165, 1.54) is 13.8 Å². The first-order valence-electron chi connectivity index (χ1n) is 6.02. The van der Waals surface area contributed by atoms with E-state index in [2.05, 4.69) is 0 Å². The summed E-state index contributed by atoms with van der Waals surface area (Å²) in [7, 11) is 0. The number of Topliss-reactive ketones (excluding diaryl/α,β-unsaturated/α-hetero) is 2. The predicted octanol–water partition coefficient (Wildman–Crippen LogP) is 3.06. The molecule has 0 aromatic heterocycles. The zero-order chi connectivity index (χ0) is 13.2. The average molecular weight is 240 g/mol. The second-order valence-corrected chi connectivity index (χ2v) is 4.64. The zero-order valence-electron chi connectivity index (χ0n) is 10.6. The number of allylic oxidation sites excluding steroid dienone is 4. The van der Waals surface area contributed by atoms with Crippen LogP contribution in [-0.4, -0.2) is 11.6 Å². The van der Waals surface area contributed by atoms with Gasteiger partial charge in [-0.15, -0.1) is 0 Å². The number of hydrogen-bond donors (Lipinski definition) is 0. The van der Waals surface area contributed by atoms with E-state index in [1.807, 2.05) is 42.5 Å². The minimum absolute atomic E-state index is 0.131. The summed E-state index contributed by atoms with van der Waals surface area (Å²) in [6.07, 6.45) is 7.32. The van der Waals surface area contributed by atoms with Crippen LogP contribution in [0.1, 0.15) is 25.3 Å². The van der Waals surface area contributed by atoms with Gasteiger partial charge < -0.3 is 0 Å². The second-order valence-electron chi connectivity index (χ2n) is 4.64. The van der Waals surface area contributed by atoms with Gasteiger partial charge in [0.05, 0.1) is 0 Å². The fourth-order valence-corrected chi connectivity index (χ4v) is 2.25. The van der Waals surface area contributed by atoms with Crippen molar-refractivity contribution >= 4 is 11.6 Å². The summed E-state index contributed by atoms with van der Waals surface area (Å²) in [6.45, 7) is 2.91. The van der Waals surface area contributed by atoms with Crippen LogP contribution in [-0.2, 0) is 9.59 Å². The quantitative estimate of drug-likeness (QED) is 0.601. The van der Waals surface area contributed by atoms with Gasteiger partial charge in [0.15, 0.2) is 11.6 Å². The van der Waals surface area contributed by atoms with Crippen LogP contribution < -0.4 is 0 Å². The number of hydrogen-bond acceptors (Lipinski definition) is 2. The van der Waals surface area contributed by atoms with Gasteiger partial charge in [0, 0.05) is 5.92 Å². The Labute approximate surface area is 107 Å². The zero-order valence-corrected chi connectivity index (χ0v) is 10.6. The third-order valence-electron chi connectivity index (χ3n) is 3.48. The van der Waals surface area contributed by atoms with E-state index < -0.39 is 5.41 Å². The van der Waals surface area contributed by atoms with Crippen molar-refractivity contribution in [1.82, 2.24) is 0 Å². The van der Waals surface area contributed by atoms with E-state index in [4.69, 9.17) is 0 Å². The number of carbonyl (C=O) groups excluding carboxylic acids is 2. The molecule has 1 aliphatic rings. The lowest BCUT2D eigenvalue weighted by atomic mass is 9.75. The van der Waals surface area contributed by atoms with E-state index >= 15 is 0 Å². The van der Waals surface area contributed by atoms with Gasteiger partial charge in [-0.2, -0.15) is 0 Å². The Morgan fingerprint density at radius 1 is 0.944 bits per heavy atom. The van der Waals surface area contributed by atoms with Crippen molar-refractivity contribution in [3.05, 3.63) is 60.2 Å². The highest BCUT2D eigenvalue weighted by molar-refractivity contribution is 6.09. The Balaban J connectivity index is 2.31. The number of carbonyl (C=O) groups is 2. The molecule has 0 heterocycles. The van der Waals surface area contributed by atoms with Crippen molar-refractivity contribution in [3.63, 3.8) is 0 Å². The van der Waals surface area contributed by atoms with Gasteiger partial charge in [0.25, 0.3) is 0 Å². The summed E-state index contributed by atoms with van der Waals surface area (Å²) in [5.74, 6) is -0.124. The minimum Gasteiger partial charge on any atom is -0.298 e. The molecule has 0 N–H and O–H groups in total. The van der Waals surface area contributed by atoms with Crippen LogP contribution >= 0.6 is 0 Å². The topological polar surface area (TPSA) is 34.1 Å². The van der Waals surface area contributed by atoms with Gasteiger partial charge in [-0.3, -0.25) is 9.59 Å². The Hall–Kier alpha value is -1.96. The molecule has 2 nitrogen and oxygen atoms in total. The Bertz CT molecular complexity index is 493. The fourth-order valence-electron chi connectivity index (χ4n) is 2.25. The third-order valence-corrected chi connectivity index (χ3v) is 3.48. The van der Waals surface area contributed by atoms with Crippen molar-refractivity contribution in [2.75, 3.05) is 0 Å². The van der Waals surface area contributed by atoms with E-state index in [0.29, 0.717) is 0 Å². The van der Waals surface area contributed by atoms with Crippen LogP contribution in [0.25, 0.3) is 0 Å².